The van der Waals surface area contributed by atoms with E-state index in [4.69, 9.17) is 13.9 Å². The lowest BCUT2D eigenvalue weighted by Gasteiger charge is -2.17. The standard InChI is InChI=1S/C25H24N4O6/c1-4-22-26-16-9-6-5-8-15(16)25(32)29(22)14-23(30)27-17-12-21(34-3)18(13-20(17)33-2)28-24(31)19-10-7-11-35-19/h5-13H,4,14H2,1-3H3,(H,27,30)(H,28,31). The normalized spacial score (nSPS) is 10.7. The molecule has 180 valence electrons. The highest BCUT2D eigenvalue weighted by Crippen LogP contribution is 2.36. The van der Waals surface area contributed by atoms with E-state index in [-0.39, 0.29) is 23.6 Å². The molecule has 0 aliphatic rings. The van der Waals surface area contributed by atoms with E-state index in [1.165, 1.54) is 43.2 Å². The quantitative estimate of drug-likeness (QED) is 0.399. The minimum atomic E-state index is -0.470. The zero-order valence-electron chi connectivity index (χ0n) is 19.5. The molecule has 4 aromatic rings. The fraction of sp³-hybridized carbons (Fsp3) is 0.200. The molecule has 0 saturated heterocycles. The fourth-order valence-electron chi connectivity index (χ4n) is 3.67. The number of anilines is 2. The highest BCUT2D eigenvalue weighted by molar-refractivity contribution is 6.04. The number of fused-ring (bicyclic) bond motifs is 1. The van der Waals surface area contributed by atoms with Gasteiger partial charge in [-0.15, -0.1) is 0 Å². The third-order valence-corrected chi connectivity index (χ3v) is 5.35. The van der Waals surface area contributed by atoms with Crippen LogP contribution in [0.4, 0.5) is 11.4 Å². The SMILES string of the molecule is CCc1nc2ccccc2c(=O)n1CC(=O)Nc1cc(OC)c(NC(=O)c2ccco2)cc1OC. The van der Waals surface area contributed by atoms with Gasteiger partial charge in [-0.1, -0.05) is 19.1 Å². The van der Waals surface area contributed by atoms with Crippen molar-refractivity contribution in [1.29, 1.82) is 0 Å². The van der Waals surface area contributed by atoms with Crippen LogP contribution >= 0.6 is 0 Å². The Morgan fingerprint density at radius 3 is 2.31 bits per heavy atom. The van der Waals surface area contributed by atoms with Crippen molar-refractivity contribution in [2.24, 2.45) is 0 Å². The van der Waals surface area contributed by atoms with Crippen LogP contribution in [-0.4, -0.2) is 35.6 Å². The number of rotatable bonds is 8. The Labute approximate surface area is 200 Å². The minimum absolute atomic E-state index is 0.129. The Morgan fingerprint density at radius 2 is 1.69 bits per heavy atom. The molecule has 0 atom stereocenters. The lowest BCUT2D eigenvalue weighted by Crippen LogP contribution is -2.31. The Hall–Kier alpha value is -4.60. The van der Waals surface area contributed by atoms with Gasteiger partial charge in [0.25, 0.3) is 11.5 Å². The number of amides is 2. The molecule has 2 aromatic heterocycles. The topological polar surface area (TPSA) is 125 Å². The smallest absolute Gasteiger partial charge is 0.291 e. The summed E-state index contributed by atoms with van der Waals surface area (Å²) in [5.74, 6) is 0.288. The van der Waals surface area contributed by atoms with E-state index in [2.05, 4.69) is 15.6 Å². The first-order valence-electron chi connectivity index (χ1n) is 10.8. The van der Waals surface area contributed by atoms with Crippen LogP contribution in [0.1, 0.15) is 23.3 Å². The van der Waals surface area contributed by atoms with Crippen LogP contribution in [0, 0.1) is 0 Å². The van der Waals surface area contributed by atoms with E-state index in [0.717, 1.165) is 0 Å². The maximum atomic E-state index is 13.0. The van der Waals surface area contributed by atoms with Crippen molar-refractivity contribution in [3.63, 3.8) is 0 Å². The Bertz CT molecular complexity index is 1440. The number of aromatic nitrogens is 2. The Balaban J connectivity index is 1.60. The summed E-state index contributed by atoms with van der Waals surface area (Å²) >= 11 is 0. The predicted octanol–water partition coefficient (Wildman–Crippen LogP) is 3.46. The summed E-state index contributed by atoms with van der Waals surface area (Å²) < 4.78 is 17.3. The molecule has 0 saturated carbocycles. The van der Waals surface area contributed by atoms with Crippen molar-refractivity contribution in [1.82, 2.24) is 9.55 Å². The van der Waals surface area contributed by atoms with Gasteiger partial charge in [-0.05, 0) is 24.3 Å². The molecule has 2 heterocycles. The second-order valence-electron chi connectivity index (χ2n) is 7.52. The Morgan fingerprint density at radius 1 is 1.00 bits per heavy atom. The second kappa shape index (κ2) is 10.1. The number of carbonyl (C=O) groups is 2. The van der Waals surface area contributed by atoms with Crippen LogP contribution < -0.4 is 25.7 Å². The zero-order valence-corrected chi connectivity index (χ0v) is 19.5. The maximum absolute atomic E-state index is 13.0. The van der Waals surface area contributed by atoms with Gasteiger partial charge in [0.15, 0.2) is 5.76 Å². The molecular formula is C25H24N4O6. The van der Waals surface area contributed by atoms with Gasteiger partial charge in [0, 0.05) is 18.6 Å². The van der Waals surface area contributed by atoms with E-state index in [1.54, 1.807) is 24.3 Å². The molecule has 0 unspecified atom stereocenters. The van der Waals surface area contributed by atoms with Gasteiger partial charge in [0.2, 0.25) is 5.91 Å². The van der Waals surface area contributed by atoms with E-state index in [0.29, 0.717) is 40.3 Å². The van der Waals surface area contributed by atoms with Crippen molar-refractivity contribution < 1.29 is 23.5 Å². The van der Waals surface area contributed by atoms with Crippen molar-refractivity contribution in [2.75, 3.05) is 24.9 Å². The third kappa shape index (κ3) is 4.86. The van der Waals surface area contributed by atoms with Crippen LogP contribution in [0.25, 0.3) is 10.9 Å². The molecule has 0 aliphatic carbocycles. The van der Waals surface area contributed by atoms with Crippen molar-refractivity contribution in [3.8, 4) is 11.5 Å². The predicted molar refractivity (Wildman–Crippen MR) is 130 cm³/mol. The van der Waals surface area contributed by atoms with Crippen LogP contribution in [0.3, 0.4) is 0 Å². The molecule has 0 aliphatic heterocycles. The van der Waals surface area contributed by atoms with E-state index >= 15 is 0 Å². The second-order valence-corrected chi connectivity index (χ2v) is 7.52. The molecule has 0 spiro atoms. The molecule has 0 fully saturated rings. The molecule has 2 N–H and O–H groups in total. The first-order chi connectivity index (χ1) is 16.9. The number of aryl methyl sites for hydroxylation is 1. The highest BCUT2D eigenvalue weighted by Gasteiger charge is 2.18. The summed E-state index contributed by atoms with van der Waals surface area (Å²) in [7, 11) is 2.87. The molecule has 10 heteroatoms. The summed E-state index contributed by atoms with van der Waals surface area (Å²) in [6.07, 6.45) is 1.88. The summed E-state index contributed by atoms with van der Waals surface area (Å²) in [6, 6.07) is 13.2. The number of hydrogen-bond acceptors (Lipinski definition) is 7. The molecule has 0 radical (unpaired) electrons. The van der Waals surface area contributed by atoms with E-state index < -0.39 is 11.8 Å². The van der Waals surface area contributed by atoms with Gasteiger partial charge in [-0.25, -0.2) is 4.98 Å². The lowest BCUT2D eigenvalue weighted by molar-refractivity contribution is -0.116. The van der Waals surface area contributed by atoms with Crippen LogP contribution in [0.15, 0.2) is 64.0 Å². The number of furan rings is 1. The van der Waals surface area contributed by atoms with Gasteiger partial charge in [-0.3, -0.25) is 19.0 Å². The monoisotopic (exact) mass is 476 g/mol. The summed E-state index contributed by atoms with van der Waals surface area (Å²) in [4.78, 5) is 42.9. The highest BCUT2D eigenvalue weighted by atomic mass is 16.5. The fourth-order valence-corrected chi connectivity index (χ4v) is 3.67. The third-order valence-electron chi connectivity index (χ3n) is 5.35. The van der Waals surface area contributed by atoms with Crippen molar-refractivity contribution >= 4 is 34.1 Å². The number of methoxy groups -OCH3 is 2. The van der Waals surface area contributed by atoms with Crippen LogP contribution in [0.2, 0.25) is 0 Å². The number of nitrogens with zero attached hydrogens (tertiary/aromatic N) is 2. The van der Waals surface area contributed by atoms with E-state index in [9.17, 15) is 14.4 Å². The van der Waals surface area contributed by atoms with Gasteiger partial charge < -0.3 is 24.5 Å². The molecule has 4 rings (SSSR count). The number of hydrogen-bond donors (Lipinski definition) is 2. The van der Waals surface area contributed by atoms with Crippen LogP contribution in [0.5, 0.6) is 11.5 Å². The van der Waals surface area contributed by atoms with Gasteiger partial charge >= 0.3 is 0 Å². The number of para-hydroxylation sites is 1. The molecule has 10 nitrogen and oxygen atoms in total. The first-order valence-corrected chi connectivity index (χ1v) is 10.8. The summed E-state index contributed by atoms with van der Waals surface area (Å²) in [5.41, 5.74) is 0.935. The van der Waals surface area contributed by atoms with Crippen LogP contribution in [-0.2, 0) is 17.8 Å². The molecular weight excluding hydrogens is 452 g/mol. The van der Waals surface area contributed by atoms with Gasteiger partial charge in [-0.2, -0.15) is 0 Å². The lowest BCUT2D eigenvalue weighted by atomic mass is 10.2. The van der Waals surface area contributed by atoms with E-state index in [1.807, 2.05) is 13.0 Å². The number of benzene rings is 2. The average molecular weight is 476 g/mol. The average Bonchev–Trinajstić information content (AvgIpc) is 3.41. The maximum Gasteiger partial charge on any atom is 0.291 e. The molecule has 0 bridgehead atoms. The van der Waals surface area contributed by atoms with Crippen molar-refractivity contribution in [3.05, 3.63) is 76.7 Å². The number of ether oxygens (including phenoxy) is 2. The number of carbonyl (C=O) groups excluding carboxylic acids is 2. The first kappa shape index (κ1) is 23.6. The summed E-state index contributed by atoms with van der Waals surface area (Å²) in [5, 5.41) is 5.89. The largest absolute Gasteiger partial charge is 0.494 e. The van der Waals surface area contributed by atoms with Crippen molar-refractivity contribution in [2.45, 2.75) is 19.9 Å². The molecule has 2 amide bonds. The minimum Gasteiger partial charge on any atom is -0.494 e. The molecule has 35 heavy (non-hydrogen) atoms. The Kier molecular flexibility index (Phi) is 6.81. The summed E-state index contributed by atoms with van der Waals surface area (Å²) in [6.45, 7) is 1.64. The zero-order chi connectivity index (χ0) is 24.9. The van der Waals surface area contributed by atoms with Gasteiger partial charge in [0.1, 0.15) is 23.9 Å². The number of nitrogens with one attached hydrogen (secondary N) is 2. The molecule has 2 aromatic carbocycles. The van der Waals surface area contributed by atoms with Gasteiger partial charge in [0.05, 0.1) is 42.8 Å².